The van der Waals surface area contributed by atoms with E-state index in [4.69, 9.17) is 9.47 Å². The normalized spacial score (nSPS) is 14.3. The van der Waals surface area contributed by atoms with E-state index in [1.807, 2.05) is 55.5 Å². The number of rotatable bonds is 8. The van der Waals surface area contributed by atoms with Crippen molar-refractivity contribution in [3.05, 3.63) is 95.1 Å². The van der Waals surface area contributed by atoms with Crippen molar-refractivity contribution >= 4 is 5.91 Å². The number of hydrogen-bond donors (Lipinski definition) is 1. The Morgan fingerprint density at radius 1 is 0.969 bits per heavy atom. The Morgan fingerprint density at radius 2 is 1.66 bits per heavy atom. The van der Waals surface area contributed by atoms with Crippen molar-refractivity contribution in [2.75, 3.05) is 20.3 Å². The van der Waals surface area contributed by atoms with E-state index >= 15 is 0 Å². The van der Waals surface area contributed by atoms with E-state index in [2.05, 4.69) is 34.5 Å². The molecule has 4 rings (SSSR count). The summed E-state index contributed by atoms with van der Waals surface area (Å²) in [6.07, 6.45) is 1.09. The first-order valence-electron chi connectivity index (χ1n) is 11.1. The Kier molecular flexibility index (Phi) is 7.07. The van der Waals surface area contributed by atoms with E-state index in [9.17, 15) is 4.79 Å². The number of benzene rings is 3. The van der Waals surface area contributed by atoms with Gasteiger partial charge in [-0.25, -0.2) is 0 Å². The number of carbonyl (C=O) groups is 1. The second kappa shape index (κ2) is 10.3. The number of methoxy groups -OCH3 is 1. The average Bonchev–Trinajstić information content (AvgIpc) is 2.83. The number of nitrogens with zero attached hydrogens (tertiary/aromatic N) is 1. The highest BCUT2D eigenvalue weighted by Crippen LogP contribution is 2.20. The first kappa shape index (κ1) is 21.9. The molecular weight excluding hydrogens is 400 g/mol. The molecule has 0 spiro atoms. The van der Waals surface area contributed by atoms with Crippen molar-refractivity contribution in [1.82, 2.24) is 10.2 Å². The van der Waals surface area contributed by atoms with Crippen LogP contribution in [0.25, 0.3) is 0 Å². The molecule has 1 aliphatic rings. The second-order valence-electron chi connectivity index (χ2n) is 8.29. The van der Waals surface area contributed by atoms with Crippen LogP contribution in [0, 0.1) is 0 Å². The van der Waals surface area contributed by atoms with Gasteiger partial charge in [0.2, 0.25) is 0 Å². The van der Waals surface area contributed by atoms with Crippen LogP contribution in [-0.2, 0) is 19.5 Å². The lowest BCUT2D eigenvalue weighted by Crippen LogP contribution is -2.36. The highest BCUT2D eigenvalue weighted by Gasteiger charge is 2.16. The van der Waals surface area contributed by atoms with Gasteiger partial charge in [0.15, 0.2) is 0 Å². The molecule has 0 radical (unpaired) electrons. The summed E-state index contributed by atoms with van der Waals surface area (Å²) >= 11 is 0. The summed E-state index contributed by atoms with van der Waals surface area (Å²) in [7, 11) is 1.63. The number of fused-ring (bicyclic) bond motifs is 1. The van der Waals surface area contributed by atoms with E-state index in [-0.39, 0.29) is 11.9 Å². The van der Waals surface area contributed by atoms with Gasteiger partial charge in [0.25, 0.3) is 5.91 Å². The van der Waals surface area contributed by atoms with Gasteiger partial charge in [-0.3, -0.25) is 9.69 Å². The molecule has 1 heterocycles. The minimum absolute atomic E-state index is 0.0886. The van der Waals surface area contributed by atoms with E-state index in [0.29, 0.717) is 12.2 Å². The van der Waals surface area contributed by atoms with Crippen LogP contribution in [0.4, 0.5) is 0 Å². The van der Waals surface area contributed by atoms with E-state index in [1.165, 1.54) is 16.7 Å². The first-order valence-corrected chi connectivity index (χ1v) is 11.1. The predicted molar refractivity (Wildman–Crippen MR) is 126 cm³/mol. The second-order valence-corrected chi connectivity index (χ2v) is 8.29. The molecule has 0 unspecified atom stereocenters. The third-order valence-corrected chi connectivity index (χ3v) is 5.77. The monoisotopic (exact) mass is 430 g/mol. The summed E-state index contributed by atoms with van der Waals surface area (Å²) in [5.41, 5.74) is 4.76. The Morgan fingerprint density at radius 3 is 2.38 bits per heavy atom. The van der Waals surface area contributed by atoms with Crippen molar-refractivity contribution in [2.24, 2.45) is 0 Å². The summed E-state index contributed by atoms with van der Waals surface area (Å²) in [5.74, 6) is 1.44. The lowest BCUT2D eigenvalue weighted by atomic mass is 9.99. The van der Waals surface area contributed by atoms with Crippen LogP contribution in [0.3, 0.4) is 0 Å². The number of nitrogens with one attached hydrogen (secondary N) is 1. The minimum Gasteiger partial charge on any atom is -0.497 e. The fourth-order valence-corrected chi connectivity index (χ4v) is 3.95. The summed E-state index contributed by atoms with van der Waals surface area (Å²) in [6, 6.07) is 23.9. The van der Waals surface area contributed by atoms with Crippen molar-refractivity contribution < 1.29 is 14.3 Å². The molecule has 1 N–H and O–H groups in total. The maximum Gasteiger partial charge on any atom is 0.251 e. The van der Waals surface area contributed by atoms with E-state index in [0.717, 1.165) is 37.6 Å². The van der Waals surface area contributed by atoms with E-state index in [1.54, 1.807) is 7.11 Å². The number of ether oxygens (including phenoxy) is 2. The summed E-state index contributed by atoms with van der Waals surface area (Å²) in [4.78, 5) is 15.0. The highest BCUT2D eigenvalue weighted by atomic mass is 16.5. The lowest BCUT2D eigenvalue weighted by Gasteiger charge is -2.28. The van der Waals surface area contributed by atoms with Gasteiger partial charge in [-0.05, 0) is 66.4 Å². The van der Waals surface area contributed by atoms with Gasteiger partial charge in [-0.2, -0.15) is 0 Å². The standard InChI is InChI=1S/C27H30N2O3/c1-20(19-32-26-13-11-25(31-2)12-14-26)28-27(30)23-9-7-21(8-10-23)17-29-16-15-22-5-3-4-6-24(22)18-29/h3-14,20H,15-19H2,1-2H3,(H,28,30)/t20-/m0/s1. The Labute approximate surface area is 190 Å². The van der Waals surface area contributed by atoms with Crippen molar-refractivity contribution in [3.8, 4) is 11.5 Å². The zero-order valence-electron chi connectivity index (χ0n) is 18.7. The van der Waals surface area contributed by atoms with Crippen LogP contribution >= 0.6 is 0 Å². The first-order chi connectivity index (χ1) is 15.6. The van der Waals surface area contributed by atoms with Crippen LogP contribution in [0.5, 0.6) is 11.5 Å². The number of hydrogen-bond acceptors (Lipinski definition) is 4. The molecule has 1 atom stereocenters. The van der Waals surface area contributed by atoms with Gasteiger partial charge in [-0.15, -0.1) is 0 Å². The fourth-order valence-electron chi connectivity index (χ4n) is 3.95. The van der Waals surface area contributed by atoms with Crippen LogP contribution < -0.4 is 14.8 Å². The number of carbonyl (C=O) groups excluding carboxylic acids is 1. The van der Waals surface area contributed by atoms with Gasteiger partial charge >= 0.3 is 0 Å². The molecule has 0 aliphatic carbocycles. The molecule has 1 aliphatic heterocycles. The molecular formula is C27H30N2O3. The van der Waals surface area contributed by atoms with Crippen molar-refractivity contribution in [1.29, 1.82) is 0 Å². The van der Waals surface area contributed by atoms with Crippen LogP contribution in [0.1, 0.15) is 34.0 Å². The van der Waals surface area contributed by atoms with Gasteiger partial charge in [0.05, 0.1) is 13.2 Å². The summed E-state index contributed by atoms with van der Waals surface area (Å²) in [6.45, 7) is 5.26. The maximum absolute atomic E-state index is 12.6. The zero-order chi connectivity index (χ0) is 22.3. The quantitative estimate of drug-likeness (QED) is 0.574. The molecule has 0 saturated carbocycles. The smallest absolute Gasteiger partial charge is 0.251 e. The largest absolute Gasteiger partial charge is 0.497 e. The van der Waals surface area contributed by atoms with Gasteiger partial charge in [0, 0.05) is 25.2 Å². The van der Waals surface area contributed by atoms with Gasteiger partial charge in [0.1, 0.15) is 18.1 Å². The SMILES string of the molecule is COc1ccc(OC[C@H](C)NC(=O)c2ccc(CN3CCc4ccccc4C3)cc2)cc1. The number of amides is 1. The molecule has 5 heteroatoms. The molecule has 3 aromatic carbocycles. The van der Waals surface area contributed by atoms with E-state index < -0.39 is 0 Å². The molecule has 0 saturated heterocycles. The molecule has 5 nitrogen and oxygen atoms in total. The molecule has 3 aromatic rings. The Hall–Kier alpha value is -3.31. The lowest BCUT2D eigenvalue weighted by molar-refractivity contribution is 0.0926. The zero-order valence-corrected chi connectivity index (χ0v) is 18.7. The van der Waals surface area contributed by atoms with Gasteiger partial charge < -0.3 is 14.8 Å². The fraction of sp³-hybridized carbons (Fsp3) is 0.296. The van der Waals surface area contributed by atoms with Crippen LogP contribution in [0.15, 0.2) is 72.8 Å². The van der Waals surface area contributed by atoms with Crippen LogP contribution in [-0.4, -0.2) is 37.1 Å². The summed E-state index contributed by atoms with van der Waals surface area (Å²) < 4.78 is 10.9. The molecule has 166 valence electrons. The molecule has 32 heavy (non-hydrogen) atoms. The minimum atomic E-state index is -0.113. The topological polar surface area (TPSA) is 50.8 Å². The maximum atomic E-state index is 12.6. The third kappa shape index (κ3) is 5.68. The average molecular weight is 431 g/mol. The van der Waals surface area contributed by atoms with Crippen molar-refractivity contribution in [2.45, 2.75) is 32.5 Å². The van der Waals surface area contributed by atoms with Gasteiger partial charge in [-0.1, -0.05) is 36.4 Å². The van der Waals surface area contributed by atoms with Crippen molar-refractivity contribution in [3.63, 3.8) is 0 Å². The van der Waals surface area contributed by atoms with Crippen LogP contribution in [0.2, 0.25) is 0 Å². The highest BCUT2D eigenvalue weighted by molar-refractivity contribution is 5.94. The summed E-state index contributed by atoms with van der Waals surface area (Å²) in [5, 5.41) is 3.00. The predicted octanol–water partition coefficient (Wildman–Crippen LogP) is 4.45. The molecule has 0 bridgehead atoms. The molecule has 0 aromatic heterocycles. The Balaban J connectivity index is 1.25. The molecule has 1 amide bonds. The third-order valence-electron chi connectivity index (χ3n) is 5.77. The Bertz CT molecular complexity index is 1030. The molecule has 0 fully saturated rings.